The zero-order valence-electron chi connectivity index (χ0n) is 11.1. The lowest BCUT2D eigenvalue weighted by molar-refractivity contribution is -0.125. The molecule has 1 atom stereocenters. The maximum atomic E-state index is 12.0. The summed E-state index contributed by atoms with van der Waals surface area (Å²) in [4.78, 5) is 13.9. The van der Waals surface area contributed by atoms with E-state index in [9.17, 15) is 4.79 Å². The highest BCUT2D eigenvalue weighted by atomic mass is 35.5. The summed E-state index contributed by atoms with van der Waals surface area (Å²) in [5.41, 5.74) is 0.990. The van der Waals surface area contributed by atoms with Crippen LogP contribution in [0.5, 0.6) is 0 Å². The summed E-state index contributed by atoms with van der Waals surface area (Å²) >= 11 is 5.82. The van der Waals surface area contributed by atoms with E-state index in [1.807, 2.05) is 42.3 Å². The maximum absolute atomic E-state index is 12.0. The quantitative estimate of drug-likeness (QED) is 0.858. The first kappa shape index (κ1) is 14.1. The van der Waals surface area contributed by atoms with Crippen LogP contribution in [0.25, 0.3) is 6.08 Å². The van der Waals surface area contributed by atoms with Crippen molar-refractivity contribution in [3.63, 3.8) is 0 Å². The first-order chi connectivity index (χ1) is 9.19. The zero-order valence-corrected chi connectivity index (χ0v) is 11.9. The molecule has 1 amide bonds. The molecule has 0 spiro atoms. The molecule has 0 aliphatic carbocycles. The third-order valence-corrected chi connectivity index (χ3v) is 3.63. The molecule has 19 heavy (non-hydrogen) atoms. The minimum atomic E-state index is 0.0913. The summed E-state index contributed by atoms with van der Waals surface area (Å²) in [6.45, 7) is 2.69. The number of likely N-dealkylation sites (tertiary alicyclic amines) is 1. The molecule has 1 aliphatic rings. The third-order valence-electron chi connectivity index (χ3n) is 3.38. The number of nitrogens with zero attached hydrogens (tertiary/aromatic N) is 1. The minimum Gasteiger partial charge on any atom is -0.339 e. The normalized spacial score (nSPS) is 19.3. The summed E-state index contributed by atoms with van der Waals surface area (Å²) in [6, 6.07) is 7.45. The highest BCUT2D eigenvalue weighted by Gasteiger charge is 2.24. The van der Waals surface area contributed by atoms with Crippen LogP contribution in [0.4, 0.5) is 0 Å². The number of hydrogen-bond donors (Lipinski definition) is 1. The Morgan fingerprint density at radius 2 is 2.21 bits per heavy atom. The van der Waals surface area contributed by atoms with Gasteiger partial charge in [-0.1, -0.05) is 23.7 Å². The number of carbonyl (C=O) groups excluding carboxylic acids is 1. The molecule has 0 radical (unpaired) electrons. The summed E-state index contributed by atoms with van der Waals surface area (Å²) in [5.74, 6) is 0.673. The highest BCUT2D eigenvalue weighted by molar-refractivity contribution is 6.30. The second kappa shape index (κ2) is 6.73. The Morgan fingerprint density at radius 3 is 2.89 bits per heavy atom. The second-order valence-corrected chi connectivity index (χ2v) is 5.32. The van der Waals surface area contributed by atoms with E-state index in [2.05, 4.69) is 5.32 Å². The van der Waals surface area contributed by atoms with Crippen LogP contribution in [0.2, 0.25) is 5.02 Å². The lowest BCUT2D eigenvalue weighted by atomic mass is 10.1. The third kappa shape index (κ3) is 4.08. The molecule has 1 heterocycles. The van der Waals surface area contributed by atoms with Crippen LogP contribution < -0.4 is 5.32 Å². The molecular weight excluding hydrogens is 260 g/mol. The largest absolute Gasteiger partial charge is 0.339 e. The first-order valence-electron chi connectivity index (χ1n) is 6.56. The smallest absolute Gasteiger partial charge is 0.246 e. The fraction of sp³-hybridized carbons (Fsp3) is 0.400. The average molecular weight is 279 g/mol. The van der Waals surface area contributed by atoms with Crippen molar-refractivity contribution in [2.75, 3.05) is 26.7 Å². The van der Waals surface area contributed by atoms with E-state index in [-0.39, 0.29) is 5.91 Å². The van der Waals surface area contributed by atoms with Crippen LogP contribution in [-0.2, 0) is 4.79 Å². The summed E-state index contributed by atoms with van der Waals surface area (Å²) in [5, 5.41) is 3.87. The van der Waals surface area contributed by atoms with Crippen molar-refractivity contribution < 1.29 is 4.79 Å². The number of carbonyl (C=O) groups is 1. The van der Waals surface area contributed by atoms with Gasteiger partial charge in [-0.3, -0.25) is 4.79 Å². The van der Waals surface area contributed by atoms with E-state index >= 15 is 0 Å². The molecule has 0 unspecified atom stereocenters. The van der Waals surface area contributed by atoms with Crippen molar-refractivity contribution in [1.82, 2.24) is 10.2 Å². The molecule has 0 aromatic heterocycles. The summed E-state index contributed by atoms with van der Waals surface area (Å²) < 4.78 is 0. The van der Waals surface area contributed by atoms with Crippen molar-refractivity contribution in [2.24, 2.45) is 5.92 Å². The van der Waals surface area contributed by atoms with Crippen LogP contribution >= 0.6 is 11.6 Å². The van der Waals surface area contributed by atoms with E-state index in [4.69, 9.17) is 11.6 Å². The van der Waals surface area contributed by atoms with E-state index in [0.29, 0.717) is 10.9 Å². The van der Waals surface area contributed by atoms with Crippen LogP contribution in [0.3, 0.4) is 0 Å². The highest BCUT2D eigenvalue weighted by Crippen LogP contribution is 2.16. The van der Waals surface area contributed by atoms with Crippen LogP contribution in [0.1, 0.15) is 12.0 Å². The van der Waals surface area contributed by atoms with E-state index in [1.165, 1.54) is 0 Å². The fourth-order valence-corrected chi connectivity index (χ4v) is 2.46. The molecule has 1 fully saturated rings. The van der Waals surface area contributed by atoms with Gasteiger partial charge in [-0.05, 0) is 49.7 Å². The Kier molecular flexibility index (Phi) is 5.00. The van der Waals surface area contributed by atoms with Crippen molar-refractivity contribution in [1.29, 1.82) is 0 Å². The Morgan fingerprint density at radius 1 is 1.47 bits per heavy atom. The molecule has 3 nitrogen and oxygen atoms in total. The van der Waals surface area contributed by atoms with Gasteiger partial charge in [0, 0.05) is 24.2 Å². The van der Waals surface area contributed by atoms with Gasteiger partial charge in [0.15, 0.2) is 0 Å². The van der Waals surface area contributed by atoms with E-state index in [1.54, 1.807) is 6.08 Å². The van der Waals surface area contributed by atoms with Gasteiger partial charge >= 0.3 is 0 Å². The topological polar surface area (TPSA) is 32.3 Å². The van der Waals surface area contributed by atoms with E-state index < -0.39 is 0 Å². The minimum absolute atomic E-state index is 0.0913. The van der Waals surface area contributed by atoms with Crippen LogP contribution in [0.15, 0.2) is 30.3 Å². The van der Waals surface area contributed by atoms with Gasteiger partial charge in [0.2, 0.25) is 5.91 Å². The van der Waals surface area contributed by atoms with Crippen LogP contribution in [-0.4, -0.2) is 37.5 Å². The van der Waals surface area contributed by atoms with Gasteiger partial charge in [-0.15, -0.1) is 0 Å². The number of hydrogen-bond acceptors (Lipinski definition) is 2. The predicted octanol–water partition coefficient (Wildman–Crippen LogP) is 2.42. The van der Waals surface area contributed by atoms with Gasteiger partial charge < -0.3 is 10.2 Å². The Bertz CT molecular complexity index is 456. The molecule has 1 saturated heterocycles. The van der Waals surface area contributed by atoms with E-state index in [0.717, 1.165) is 31.6 Å². The molecule has 102 valence electrons. The number of rotatable bonds is 4. The molecule has 1 aromatic carbocycles. The Labute approximate surface area is 119 Å². The lowest BCUT2D eigenvalue weighted by Gasteiger charge is -2.14. The van der Waals surface area contributed by atoms with Gasteiger partial charge in [0.05, 0.1) is 0 Å². The standard InChI is InChI=1S/C15H19ClN2O/c1-17-10-13-8-9-18(11-13)15(19)7-4-12-2-5-14(16)6-3-12/h2-7,13,17H,8-11H2,1H3/b7-4-/t13-/m0/s1. The maximum Gasteiger partial charge on any atom is 0.246 e. The molecule has 0 saturated carbocycles. The number of amides is 1. The fourth-order valence-electron chi connectivity index (χ4n) is 2.33. The molecular formula is C15H19ClN2O. The van der Waals surface area contributed by atoms with Gasteiger partial charge in [-0.2, -0.15) is 0 Å². The molecule has 4 heteroatoms. The van der Waals surface area contributed by atoms with Crippen molar-refractivity contribution in [3.05, 3.63) is 40.9 Å². The predicted molar refractivity (Wildman–Crippen MR) is 79.1 cm³/mol. The number of benzene rings is 1. The Hall–Kier alpha value is -1.32. The van der Waals surface area contributed by atoms with Crippen molar-refractivity contribution in [2.45, 2.75) is 6.42 Å². The second-order valence-electron chi connectivity index (χ2n) is 4.88. The molecule has 0 bridgehead atoms. The summed E-state index contributed by atoms with van der Waals surface area (Å²) in [6.07, 6.45) is 4.57. The van der Waals surface area contributed by atoms with Gasteiger partial charge in [-0.25, -0.2) is 0 Å². The molecule has 1 aromatic rings. The first-order valence-corrected chi connectivity index (χ1v) is 6.94. The van der Waals surface area contributed by atoms with Gasteiger partial charge in [0.1, 0.15) is 0 Å². The Balaban J connectivity index is 1.89. The molecule has 1 N–H and O–H groups in total. The molecule has 2 rings (SSSR count). The monoisotopic (exact) mass is 278 g/mol. The van der Waals surface area contributed by atoms with Gasteiger partial charge in [0.25, 0.3) is 0 Å². The SMILES string of the molecule is CNC[C@@H]1CCN(C(=O)/C=C\c2ccc(Cl)cc2)C1. The average Bonchev–Trinajstić information content (AvgIpc) is 2.87. The number of nitrogens with one attached hydrogen (secondary N) is 1. The van der Waals surface area contributed by atoms with Crippen molar-refractivity contribution in [3.8, 4) is 0 Å². The zero-order chi connectivity index (χ0) is 13.7. The lowest BCUT2D eigenvalue weighted by Crippen LogP contribution is -2.28. The molecule has 1 aliphatic heterocycles. The summed E-state index contributed by atoms with van der Waals surface area (Å²) in [7, 11) is 1.95. The van der Waals surface area contributed by atoms with Crippen LogP contribution in [0, 0.1) is 5.92 Å². The van der Waals surface area contributed by atoms with Crippen molar-refractivity contribution >= 4 is 23.6 Å². The number of halogens is 1.